The van der Waals surface area contributed by atoms with Crippen LogP contribution in [0.1, 0.15) is 18.4 Å². The number of anilines is 1. The molecule has 23 heavy (non-hydrogen) atoms. The lowest BCUT2D eigenvalue weighted by Gasteiger charge is -2.46. The summed E-state index contributed by atoms with van der Waals surface area (Å²) < 4.78 is 0. The topological polar surface area (TPSA) is 67.2 Å². The van der Waals surface area contributed by atoms with Crippen molar-refractivity contribution in [2.24, 2.45) is 0 Å². The predicted molar refractivity (Wildman–Crippen MR) is 89.2 cm³/mol. The highest BCUT2D eigenvalue weighted by molar-refractivity contribution is 5.52. The van der Waals surface area contributed by atoms with E-state index in [1.807, 2.05) is 18.2 Å². The van der Waals surface area contributed by atoms with Gasteiger partial charge in [-0.1, -0.05) is 17.9 Å². The molecule has 3 rings (SSSR count). The SMILES string of the molecule is OCC#Cc1cccc(N2CCN(CC3(O)CC(O)C3)CC2)c1. The van der Waals surface area contributed by atoms with Crippen LogP contribution in [-0.4, -0.2) is 71.3 Å². The Balaban J connectivity index is 1.54. The Morgan fingerprint density at radius 1 is 1.17 bits per heavy atom. The summed E-state index contributed by atoms with van der Waals surface area (Å²) in [7, 11) is 0. The van der Waals surface area contributed by atoms with Gasteiger partial charge in [0.25, 0.3) is 0 Å². The van der Waals surface area contributed by atoms with Gasteiger partial charge in [-0.25, -0.2) is 0 Å². The normalized spacial score (nSPS) is 28.0. The maximum Gasteiger partial charge on any atom is 0.104 e. The summed E-state index contributed by atoms with van der Waals surface area (Å²) in [6.07, 6.45) is 0.668. The minimum absolute atomic E-state index is 0.124. The van der Waals surface area contributed by atoms with E-state index < -0.39 is 5.60 Å². The maximum atomic E-state index is 10.3. The molecule has 2 aliphatic rings. The minimum atomic E-state index is -0.693. The molecule has 0 amide bonds. The zero-order chi connectivity index (χ0) is 16.3. The molecule has 3 N–H and O–H groups in total. The zero-order valence-electron chi connectivity index (χ0n) is 13.3. The van der Waals surface area contributed by atoms with Gasteiger partial charge in [0.05, 0.1) is 11.7 Å². The van der Waals surface area contributed by atoms with Crippen LogP contribution in [0.5, 0.6) is 0 Å². The molecule has 0 atom stereocenters. The second kappa shape index (κ2) is 6.90. The molecule has 0 spiro atoms. The lowest BCUT2D eigenvalue weighted by atomic mass is 9.77. The van der Waals surface area contributed by atoms with E-state index in [1.54, 1.807) is 0 Å². The number of β-amino-alcohol motifs (C(OH)–C–C–N with tert-alkyl or cyclic N) is 1. The van der Waals surface area contributed by atoms with Crippen LogP contribution in [0.15, 0.2) is 24.3 Å². The molecule has 5 heteroatoms. The Bertz CT molecular complexity index is 594. The highest BCUT2D eigenvalue weighted by Gasteiger charge is 2.43. The molecule has 1 heterocycles. The predicted octanol–water partition coefficient (Wildman–Crippen LogP) is 0.0382. The number of hydrogen-bond acceptors (Lipinski definition) is 5. The number of piperazine rings is 1. The zero-order valence-corrected chi connectivity index (χ0v) is 13.3. The van der Waals surface area contributed by atoms with Gasteiger partial charge in [0.1, 0.15) is 6.61 Å². The molecule has 1 aliphatic heterocycles. The van der Waals surface area contributed by atoms with E-state index in [0.717, 1.165) is 37.4 Å². The molecule has 1 aliphatic carbocycles. The van der Waals surface area contributed by atoms with E-state index in [2.05, 4.69) is 27.7 Å². The van der Waals surface area contributed by atoms with Crippen LogP contribution in [-0.2, 0) is 0 Å². The molecule has 0 unspecified atom stereocenters. The van der Waals surface area contributed by atoms with Crippen LogP contribution in [0.25, 0.3) is 0 Å². The second-order valence-electron chi connectivity index (χ2n) is 6.56. The van der Waals surface area contributed by atoms with Crippen LogP contribution in [0.4, 0.5) is 5.69 Å². The third-order valence-electron chi connectivity index (χ3n) is 4.64. The standard InChI is InChI=1S/C18H24N2O3/c21-10-2-4-15-3-1-5-16(11-15)20-8-6-19(7-9-20)14-18(23)12-17(22)13-18/h1,3,5,11,17,21-23H,6-10,12-14H2. The summed E-state index contributed by atoms with van der Waals surface area (Å²) in [5.41, 5.74) is 1.37. The van der Waals surface area contributed by atoms with Crippen molar-refractivity contribution in [1.29, 1.82) is 0 Å². The molecule has 124 valence electrons. The Kier molecular flexibility index (Phi) is 4.88. The Hall–Kier alpha value is -1.58. The summed E-state index contributed by atoms with van der Waals surface area (Å²) in [6, 6.07) is 8.06. The lowest BCUT2D eigenvalue weighted by molar-refractivity contribution is -0.127. The molecular weight excluding hydrogens is 292 g/mol. The van der Waals surface area contributed by atoms with E-state index in [0.29, 0.717) is 19.4 Å². The van der Waals surface area contributed by atoms with Gasteiger partial charge in [-0.2, -0.15) is 0 Å². The van der Waals surface area contributed by atoms with Gasteiger partial charge in [0, 0.05) is 56.8 Å². The van der Waals surface area contributed by atoms with E-state index in [9.17, 15) is 10.2 Å². The number of rotatable bonds is 3. The lowest BCUT2D eigenvalue weighted by Crippen LogP contribution is -2.57. The van der Waals surface area contributed by atoms with E-state index in [-0.39, 0.29) is 12.7 Å². The largest absolute Gasteiger partial charge is 0.393 e. The monoisotopic (exact) mass is 316 g/mol. The number of nitrogens with zero attached hydrogens (tertiary/aromatic N) is 2. The van der Waals surface area contributed by atoms with Gasteiger partial charge in [-0.05, 0) is 18.2 Å². The van der Waals surface area contributed by atoms with Crippen LogP contribution < -0.4 is 4.90 Å². The van der Waals surface area contributed by atoms with Crippen LogP contribution in [0.3, 0.4) is 0 Å². The highest BCUT2D eigenvalue weighted by Crippen LogP contribution is 2.33. The van der Waals surface area contributed by atoms with E-state index in [4.69, 9.17) is 5.11 Å². The first-order valence-electron chi connectivity index (χ1n) is 8.15. The number of aliphatic hydroxyl groups excluding tert-OH is 2. The molecule has 0 bridgehead atoms. The molecule has 2 fully saturated rings. The van der Waals surface area contributed by atoms with Crippen molar-refractivity contribution in [3.63, 3.8) is 0 Å². The first-order chi connectivity index (χ1) is 11.1. The van der Waals surface area contributed by atoms with Gasteiger partial charge in [-0.3, -0.25) is 4.90 Å². The summed E-state index contributed by atoms with van der Waals surface area (Å²) >= 11 is 0. The van der Waals surface area contributed by atoms with Crippen molar-refractivity contribution in [2.75, 3.05) is 44.2 Å². The first kappa shape index (κ1) is 16.3. The summed E-state index contributed by atoms with van der Waals surface area (Å²) in [6.45, 7) is 4.17. The van der Waals surface area contributed by atoms with Gasteiger partial charge < -0.3 is 20.2 Å². The van der Waals surface area contributed by atoms with Crippen LogP contribution >= 0.6 is 0 Å². The number of benzene rings is 1. The van der Waals surface area contributed by atoms with Crippen molar-refractivity contribution in [3.05, 3.63) is 29.8 Å². The molecule has 5 nitrogen and oxygen atoms in total. The fourth-order valence-electron chi connectivity index (χ4n) is 3.45. The van der Waals surface area contributed by atoms with E-state index >= 15 is 0 Å². The molecular formula is C18H24N2O3. The van der Waals surface area contributed by atoms with Crippen molar-refractivity contribution < 1.29 is 15.3 Å². The second-order valence-corrected chi connectivity index (χ2v) is 6.56. The van der Waals surface area contributed by atoms with Crippen molar-refractivity contribution in [3.8, 4) is 11.8 Å². The quantitative estimate of drug-likeness (QED) is 0.687. The third-order valence-corrected chi connectivity index (χ3v) is 4.64. The van der Waals surface area contributed by atoms with Gasteiger partial charge in [0.2, 0.25) is 0 Å². The van der Waals surface area contributed by atoms with Crippen molar-refractivity contribution in [1.82, 2.24) is 4.90 Å². The number of hydrogen-bond donors (Lipinski definition) is 3. The molecule has 1 saturated carbocycles. The van der Waals surface area contributed by atoms with Gasteiger partial charge >= 0.3 is 0 Å². The van der Waals surface area contributed by atoms with E-state index in [1.165, 1.54) is 0 Å². The Labute approximate surface area is 137 Å². The maximum absolute atomic E-state index is 10.3. The molecule has 1 aromatic rings. The Morgan fingerprint density at radius 2 is 1.91 bits per heavy atom. The van der Waals surface area contributed by atoms with Crippen LogP contribution in [0.2, 0.25) is 0 Å². The average molecular weight is 316 g/mol. The summed E-state index contributed by atoms with van der Waals surface area (Å²) in [5.74, 6) is 5.61. The molecule has 1 aromatic carbocycles. The minimum Gasteiger partial charge on any atom is -0.393 e. The molecule has 0 radical (unpaired) electrons. The van der Waals surface area contributed by atoms with Gasteiger partial charge in [-0.15, -0.1) is 0 Å². The average Bonchev–Trinajstić information content (AvgIpc) is 2.52. The fraction of sp³-hybridized carbons (Fsp3) is 0.556. The summed E-state index contributed by atoms with van der Waals surface area (Å²) in [4.78, 5) is 4.60. The highest BCUT2D eigenvalue weighted by atomic mass is 16.3. The third kappa shape index (κ3) is 4.04. The molecule has 1 saturated heterocycles. The summed E-state index contributed by atoms with van der Waals surface area (Å²) in [5, 5.41) is 28.4. The number of aliphatic hydroxyl groups is 3. The first-order valence-corrected chi connectivity index (χ1v) is 8.15. The Morgan fingerprint density at radius 3 is 2.57 bits per heavy atom. The fourth-order valence-corrected chi connectivity index (χ4v) is 3.45. The van der Waals surface area contributed by atoms with Gasteiger partial charge in [0.15, 0.2) is 0 Å². The molecule has 0 aromatic heterocycles. The van der Waals surface area contributed by atoms with Crippen molar-refractivity contribution >= 4 is 5.69 Å². The van der Waals surface area contributed by atoms with Crippen LogP contribution in [0, 0.1) is 11.8 Å². The van der Waals surface area contributed by atoms with Crippen molar-refractivity contribution in [2.45, 2.75) is 24.5 Å². The smallest absolute Gasteiger partial charge is 0.104 e.